The first-order valence-electron chi connectivity index (χ1n) is 12.2. The van der Waals surface area contributed by atoms with Crippen molar-refractivity contribution < 1.29 is 23.9 Å². The second kappa shape index (κ2) is 11.3. The Kier molecular flexibility index (Phi) is 8.52. The van der Waals surface area contributed by atoms with E-state index >= 15 is 0 Å². The fraction of sp³-hybridized carbons (Fsp3) is 0.429. The number of rotatable bonds is 8. The first-order valence-corrected chi connectivity index (χ1v) is 13.0. The van der Waals surface area contributed by atoms with E-state index in [1.54, 1.807) is 58.0 Å². The lowest BCUT2D eigenvalue weighted by Gasteiger charge is -2.32. The minimum Gasteiger partial charge on any atom is -0.410 e. The summed E-state index contributed by atoms with van der Waals surface area (Å²) < 4.78 is 6.20. The number of ether oxygens (including phenoxy) is 1. The topological polar surface area (TPSA) is 121 Å². The summed E-state index contributed by atoms with van der Waals surface area (Å²) in [6.45, 7) is 9.34. The van der Waals surface area contributed by atoms with Gasteiger partial charge in [-0.05, 0) is 39.3 Å². The van der Waals surface area contributed by atoms with E-state index in [0.29, 0.717) is 58.1 Å². The van der Waals surface area contributed by atoms with E-state index in [9.17, 15) is 19.2 Å². The van der Waals surface area contributed by atoms with E-state index < -0.39 is 11.5 Å². The monoisotopic (exact) mass is 536 g/mol. The number of Topliss-reactive ketones (excluding diaryl/α,β-unsaturated/α-hetero) is 2. The number of benzene rings is 1. The van der Waals surface area contributed by atoms with Crippen molar-refractivity contribution in [1.82, 2.24) is 14.8 Å². The maximum Gasteiger partial charge on any atom is 0.414 e. The van der Waals surface area contributed by atoms with Crippen LogP contribution in [0.3, 0.4) is 0 Å². The van der Waals surface area contributed by atoms with Crippen molar-refractivity contribution in [3.8, 4) is 11.8 Å². The number of carbonyl (C=O) groups is 4. The highest BCUT2D eigenvalue weighted by molar-refractivity contribution is 7.19. The van der Waals surface area contributed by atoms with Gasteiger partial charge in [0.2, 0.25) is 5.91 Å². The molecule has 0 N–H and O–H groups in total. The van der Waals surface area contributed by atoms with Crippen LogP contribution in [0.1, 0.15) is 52.5 Å². The number of thiazole rings is 1. The minimum atomic E-state index is -0.808. The lowest BCUT2D eigenvalue weighted by Crippen LogP contribution is -2.37. The maximum atomic E-state index is 13.0. The van der Waals surface area contributed by atoms with Gasteiger partial charge in [-0.2, -0.15) is 5.26 Å². The number of amides is 2. The van der Waals surface area contributed by atoms with Crippen molar-refractivity contribution in [2.45, 2.75) is 47.5 Å². The SMILES string of the molecule is CC1=C(C)C(=O)C(C(C)(C)CC(=O)N(C)CCCN(C)C(=O)Oc2ccc3nc(C#N)sc3c2)=C(C)C1=O. The van der Waals surface area contributed by atoms with Crippen LogP contribution in [-0.4, -0.2) is 65.5 Å². The van der Waals surface area contributed by atoms with Gasteiger partial charge >= 0.3 is 6.09 Å². The lowest BCUT2D eigenvalue weighted by molar-refractivity contribution is -0.131. The molecule has 1 aromatic heterocycles. The molecule has 0 unspecified atom stereocenters. The highest BCUT2D eigenvalue weighted by atomic mass is 32.1. The highest BCUT2D eigenvalue weighted by Crippen LogP contribution is 2.39. The molecule has 9 nitrogen and oxygen atoms in total. The van der Waals surface area contributed by atoms with Crippen LogP contribution < -0.4 is 4.74 Å². The van der Waals surface area contributed by atoms with Crippen molar-refractivity contribution in [3.05, 3.63) is 45.5 Å². The number of fused-ring (bicyclic) bond motifs is 1. The van der Waals surface area contributed by atoms with Crippen LogP contribution in [-0.2, 0) is 14.4 Å². The van der Waals surface area contributed by atoms with E-state index in [1.165, 1.54) is 16.2 Å². The molecule has 0 radical (unpaired) electrons. The molecule has 200 valence electrons. The van der Waals surface area contributed by atoms with Gasteiger partial charge in [-0.3, -0.25) is 14.4 Å². The average Bonchev–Trinajstić information content (AvgIpc) is 3.28. The van der Waals surface area contributed by atoms with E-state index in [0.717, 1.165) is 4.70 Å². The minimum absolute atomic E-state index is 0.0764. The van der Waals surface area contributed by atoms with Gasteiger partial charge in [-0.1, -0.05) is 13.8 Å². The summed E-state index contributed by atoms with van der Waals surface area (Å²) in [6.07, 6.45) is 0.0620. The van der Waals surface area contributed by atoms with E-state index in [2.05, 4.69) is 4.98 Å². The zero-order valence-electron chi connectivity index (χ0n) is 22.8. The molecular weight excluding hydrogens is 504 g/mol. The number of hydrogen-bond donors (Lipinski definition) is 0. The van der Waals surface area contributed by atoms with Gasteiger partial charge in [0.25, 0.3) is 0 Å². The third-order valence-corrected chi connectivity index (χ3v) is 7.76. The van der Waals surface area contributed by atoms with Gasteiger partial charge in [0.15, 0.2) is 16.6 Å². The second-order valence-electron chi connectivity index (χ2n) is 10.2. The van der Waals surface area contributed by atoms with Crippen LogP contribution in [0.15, 0.2) is 40.5 Å². The van der Waals surface area contributed by atoms with Crippen LogP contribution >= 0.6 is 11.3 Å². The first-order chi connectivity index (χ1) is 17.8. The molecule has 1 heterocycles. The molecule has 0 bridgehead atoms. The number of allylic oxidation sites excluding steroid dienone is 4. The standard InChI is InChI=1S/C28H32N4O5S/c1-16-17(2)26(35)24(18(3)25(16)34)28(4,5)14-23(33)31(6)11-8-12-32(7)27(36)37-19-9-10-20-21(13-19)38-22(15-29)30-20/h9-10,13H,8,11-12,14H2,1-7H3. The van der Waals surface area contributed by atoms with Gasteiger partial charge in [0.05, 0.1) is 10.2 Å². The largest absolute Gasteiger partial charge is 0.414 e. The number of aromatic nitrogens is 1. The first kappa shape index (κ1) is 28.7. The molecule has 10 heteroatoms. The Balaban J connectivity index is 1.52. The van der Waals surface area contributed by atoms with Gasteiger partial charge in [0.1, 0.15) is 11.8 Å². The predicted molar refractivity (Wildman–Crippen MR) is 145 cm³/mol. The third kappa shape index (κ3) is 6.00. The number of nitriles is 1. The number of hydrogen-bond acceptors (Lipinski definition) is 8. The highest BCUT2D eigenvalue weighted by Gasteiger charge is 2.38. The van der Waals surface area contributed by atoms with Gasteiger partial charge in [-0.15, -0.1) is 11.3 Å². The Morgan fingerprint density at radius 1 is 1.03 bits per heavy atom. The molecule has 0 fully saturated rings. The molecule has 2 aromatic rings. The Hall–Kier alpha value is -3.84. The van der Waals surface area contributed by atoms with E-state index in [1.807, 2.05) is 19.9 Å². The normalized spacial score (nSPS) is 14.2. The Labute approximate surface area is 226 Å². The zero-order valence-corrected chi connectivity index (χ0v) is 23.6. The molecule has 1 aliphatic rings. The van der Waals surface area contributed by atoms with Crippen molar-refractivity contribution in [2.24, 2.45) is 5.41 Å². The molecule has 0 saturated carbocycles. The van der Waals surface area contributed by atoms with Crippen LogP contribution in [0.25, 0.3) is 10.2 Å². The summed E-state index contributed by atoms with van der Waals surface area (Å²) in [7, 11) is 3.30. The van der Waals surface area contributed by atoms with Crippen LogP contribution in [0.4, 0.5) is 4.79 Å². The maximum absolute atomic E-state index is 13.0. The molecule has 3 rings (SSSR count). The molecule has 0 saturated heterocycles. The second-order valence-corrected chi connectivity index (χ2v) is 11.2. The molecule has 0 aliphatic heterocycles. The summed E-state index contributed by atoms with van der Waals surface area (Å²) >= 11 is 1.22. The summed E-state index contributed by atoms with van der Waals surface area (Å²) in [5, 5.41) is 9.34. The zero-order chi connectivity index (χ0) is 28.4. The molecule has 1 aliphatic carbocycles. The fourth-order valence-electron chi connectivity index (χ4n) is 4.47. The van der Waals surface area contributed by atoms with Gasteiger partial charge in [0, 0.05) is 67.4 Å². The Morgan fingerprint density at radius 2 is 1.66 bits per heavy atom. The molecule has 0 spiro atoms. The van der Waals surface area contributed by atoms with Crippen LogP contribution in [0.2, 0.25) is 0 Å². The van der Waals surface area contributed by atoms with Gasteiger partial charge < -0.3 is 14.5 Å². The van der Waals surface area contributed by atoms with Gasteiger partial charge in [-0.25, -0.2) is 9.78 Å². The smallest absolute Gasteiger partial charge is 0.410 e. The van der Waals surface area contributed by atoms with Crippen LogP contribution in [0.5, 0.6) is 5.75 Å². The van der Waals surface area contributed by atoms with Crippen molar-refractivity contribution >= 4 is 45.1 Å². The van der Waals surface area contributed by atoms with Crippen molar-refractivity contribution in [1.29, 1.82) is 5.26 Å². The summed E-state index contributed by atoms with van der Waals surface area (Å²) in [6, 6.07) is 7.01. The third-order valence-electron chi connectivity index (χ3n) is 6.84. The van der Waals surface area contributed by atoms with E-state index in [-0.39, 0.29) is 23.9 Å². The van der Waals surface area contributed by atoms with Crippen LogP contribution in [0, 0.1) is 16.7 Å². The number of carbonyl (C=O) groups excluding carboxylic acids is 4. The summed E-state index contributed by atoms with van der Waals surface area (Å²) in [4.78, 5) is 58.2. The lowest BCUT2D eigenvalue weighted by atomic mass is 9.71. The molecule has 1 aromatic carbocycles. The fourth-order valence-corrected chi connectivity index (χ4v) is 5.26. The molecule has 2 amide bonds. The number of nitrogens with zero attached hydrogens (tertiary/aromatic N) is 4. The van der Waals surface area contributed by atoms with Crippen molar-refractivity contribution in [2.75, 3.05) is 27.2 Å². The quantitative estimate of drug-likeness (QED) is 0.450. The Bertz CT molecular complexity index is 1430. The summed E-state index contributed by atoms with van der Waals surface area (Å²) in [5.74, 6) is -0.128. The summed E-state index contributed by atoms with van der Waals surface area (Å²) in [5.41, 5.74) is 1.54. The molecule has 38 heavy (non-hydrogen) atoms. The van der Waals surface area contributed by atoms with Crippen molar-refractivity contribution in [3.63, 3.8) is 0 Å². The predicted octanol–water partition coefficient (Wildman–Crippen LogP) is 4.67. The molecular formula is C28H32N4O5S. The average molecular weight is 537 g/mol. The number of ketones is 2. The van der Waals surface area contributed by atoms with E-state index in [4.69, 9.17) is 10.00 Å². The molecule has 0 atom stereocenters. The Morgan fingerprint density at radius 3 is 2.32 bits per heavy atom.